The Kier molecular flexibility index (Phi) is 3.60. The van der Waals surface area contributed by atoms with Gasteiger partial charge in [-0.3, -0.25) is 0 Å². The fourth-order valence-corrected chi connectivity index (χ4v) is 3.02. The summed E-state index contributed by atoms with van der Waals surface area (Å²) in [6.45, 7) is 3.43. The van der Waals surface area contributed by atoms with Gasteiger partial charge in [0.2, 0.25) is 5.95 Å². The van der Waals surface area contributed by atoms with Gasteiger partial charge in [-0.05, 0) is 36.9 Å². The summed E-state index contributed by atoms with van der Waals surface area (Å²) in [5.41, 5.74) is 7.94. The number of fused-ring (bicyclic) bond motifs is 1. The van der Waals surface area contributed by atoms with Crippen molar-refractivity contribution in [1.82, 2.24) is 9.55 Å². The van der Waals surface area contributed by atoms with E-state index in [-0.39, 0.29) is 0 Å². The third kappa shape index (κ3) is 2.36. The lowest BCUT2D eigenvalue weighted by Gasteiger charge is -2.06. The Labute approximate surface area is 121 Å². The molecule has 0 saturated heterocycles. The van der Waals surface area contributed by atoms with Gasteiger partial charge in [0.05, 0.1) is 12.1 Å². The molecule has 0 atom stereocenters. The molecule has 5 heteroatoms. The molecule has 0 saturated carbocycles. The minimum atomic E-state index is 0.545. The molecule has 0 radical (unpaired) electrons. The number of hydrogen-bond donors (Lipinski definition) is 1. The second kappa shape index (κ2) is 5.54. The predicted octanol–water partition coefficient (Wildman–Crippen LogP) is 3.32. The normalized spacial score (nSPS) is 11.1. The molecule has 0 bridgehead atoms. The van der Waals surface area contributed by atoms with Crippen molar-refractivity contribution in [3.63, 3.8) is 0 Å². The van der Waals surface area contributed by atoms with Crippen molar-refractivity contribution in [2.75, 3.05) is 12.3 Å². The highest BCUT2D eigenvalue weighted by Gasteiger charge is 2.12. The molecule has 0 unspecified atom stereocenters. The molecule has 104 valence electrons. The summed E-state index contributed by atoms with van der Waals surface area (Å²) in [6, 6.07) is 10.2. The number of thiophene rings is 1. The summed E-state index contributed by atoms with van der Waals surface area (Å²) >= 11 is 1.77. The molecule has 0 aliphatic heterocycles. The van der Waals surface area contributed by atoms with Gasteiger partial charge in [0.25, 0.3) is 0 Å². The van der Waals surface area contributed by atoms with Crippen LogP contribution in [0.15, 0.2) is 35.7 Å². The van der Waals surface area contributed by atoms with Gasteiger partial charge in [0.15, 0.2) is 0 Å². The van der Waals surface area contributed by atoms with Crippen LogP contribution >= 0.6 is 11.3 Å². The minimum Gasteiger partial charge on any atom is -0.492 e. The molecular weight excluding hydrogens is 270 g/mol. The summed E-state index contributed by atoms with van der Waals surface area (Å²) in [5.74, 6) is 1.34. The Morgan fingerprint density at radius 1 is 1.30 bits per heavy atom. The zero-order valence-electron chi connectivity index (χ0n) is 11.4. The van der Waals surface area contributed by atoms with Crippen LogP contribution in [0.5, 0.6) is 5.75 Å². The fourth-order valence-electron chi connectivity index (χ4n) is 2.32. The number of aromatic nitrogens is 2. The van der Waals surface area contributed by atoms with Crippen LogP contribution in [0, 0.1) is 0 Å². The Morgan fingerprint density at radius 3 is 2.95 bits per heavy atom. The first-order chi connectivity index (χ1) is 9.79. The number of aryl methyl sites for hydroxylation is 2. The van der Waals surface area contributed by atoms with Gasteiger partial charge in [-0.1, -0.05) is 12.1 Å². The van der Waals surface area contributed by atoms with Crippen LogP contribution in [0.25, 0.3) is 11.0 Å². The maximum absolute atomic E-state index is 6.06. The van der Waals surface area contributed by atoms with E-state index < -0.39 is 0 Å². The average molecular weight is 287 g/mol. The van der Waals surface area contributed by atoms with Crippen LogP contribution in [0.3, 0.4) is 0 Å². The summed E-state index contributed by atoms with van der Waals surface area (Å²) in [6.07, 6.45) is 0.964. The van der Waals surface area contributed by atoms with E-state index in [4.69, 9.17) is 10.5 Å². The number of nitrogens with two attached hydrogens (primary N) is 1. The van der Waals surface area contributed by atoms with Crippen LogP contribution in [0.4, 0.5) is 5.95 Å². The molecule has 4 nitrogen and oxygen atoms in total. The number of imidazole rings is 1. The van der Waals surface area contributed by atoms with Crippen molar-refractivity contribution in [3.8, 4) is 5.75 Å². The lowest BCUT2D eigenvalue weighted by Crippen LogP contribution is -2.05. The maximum Gasteiger partial charge on any atom is 0.201 e. The van der Waals surface area contributed by atoms with Gasteiger partial charge < -0.3 is 15.0 Å². The van der Waals surface area contributed by atoms with Crippen LogP contribution in [-0.2, 0) is 13.0 Å². The lowest BCUT2D eigenvalue weighted by molar-refractivity contribution is 0.343. The topological polar surface area (TPSA) is 53.1 Å². The molecule has 2 N–H and O–H groups in total. The van der Waals surface area contributed by atoms with Crippen molar-refractivity contribution >= 4 is 28.3 Å². The Morgan fingerprint density at radius 2 is 2.20 bits per heavy atom. The van der Waals surface area contributed by atoms with Crippen LogP contribution in [-0.4, -0.2) is 16.2 Å². The number of hydrogen-bond acceptors (Lipinski definition) is 4. The number of anilines is 1. The molecule has 2 aromatic heterocycles. The zero-order valence-corrected chi connectivity index (χ0v) is 12.2. The lowest BCUT2D eigenvalue weighted by atomic mass is 10.3. The van der Waals surface area contributed by atoms with E-state index in [0.717, 1.165) is 29.7 Å². The van der Waals surface area contributed by atoms with Crippen molar-refractivity contribution in [2.24, 2.45) is 0 Å². The van der Waals surface area contributed by atoms with Crippen LogP contribution in [0.2, 0.25) is 0 Å². The minimum absolute atomic E-state index is 0.545. The van der Waals surface area contributed by atoms with E-state index in [0.29, 0.717) is 12.6 Å². The van der Waals surface area contributed by atoms with E-state index in [2.05, 4.69) is 27.1 Å². The van der Waals surface area contributed by atoms with Gasteiger partial charge in [-0.15, -0.1) is 11.3 Å². The third-order valence-electron chi connectivity index (χ3n) is 3.23. The fraction of sp³-hybridized carbons (Fsp3) is 0.267. The van der Waals surface area contributed by atoms with Gasteiger partial charge in [0.1, 0.15) is 11.3 Å². The van der Waals surface area contributed by atoms with Gasteiger partial charge in [0, 0.05) is 11.4 Å². The summed E-state index contributed by atoms with van der Waals surface area (Å²) in [5, 5.41) is 2.10. The number of rotatable bonds is 5. The van der Waals surface area contributed by atoms with E-state index in [1.807, 2.05) is 25.1 Å². The number of nitrogen functional groups attached to an aromatic ring is 1. The van der Waals surface area contributed by atoms with Gasteiger partial charge in [-0.2, -0.15) is 0 Å². The highest BCUT2D eigenvalue weighted by Crippen LogP contribution is 2.27. The Hall–Kier alpha value is -2.01. The molecule has 0 fully saturated rings. The highest BCUT2D eigenvalue weighted by molar-refractivity contribution is 7.09. The Bertz CT molecular complexity index is 703. The first-order valence-electron chi connectivity index (χ1n) is 6.69. The number of ether oxygens (including phenoxy) is 1. The van der Waals surface area contributed by atoms with Crippen molar-refractivity contribution in [3.05, 3.63) is 40.6 Å². The van der Waals surface area contributed by atoms with E-state index in [1.165, 1.54) is 4.88 Å². The molecule has 20 heavy (non-hydrogen) atoms. The quantitative estimate of drug-likeness (QED) is 0.783. The third-order valence-corrected chi connectivity index (χ3v) is 4.17. The molecule has 1 aromatic carbocycles. The zero-order chi connectivity index (χ0) is 13.9. The van der Waals surface area contributed by atoms with Crippen molar-refractivity contribution < 1.29 is 4.74 Å². The number of benzene rings is 1. The SMILES string of the molecule is CCOc1cccc2c1nc(N)n2CCc1cccs1. The van der Waals surface area contributed by atoms with Crippen molar-refractivity contribution in [2.45, 2.75) is 19.9 Å². The summed E-state index contributed by atoms with van der Waals surface area (Å²) in [4.78, 5) is 5.80. The average Bonchev–Trinajstić information content (AvgIpc) is 3.05. The van der Waals surface area contributed by atoms with Crippen LogP contribution < -0.4 is 10.5 Å². The van der Waals surface area contributed by atoms with Gasteiger partial charge in [-0.25, -0.2) is 4.98 Å². The molecule has 0 spiro atoms. The second-order valence-corrected chi connectivity index (χ2v) is 5.54. The number of para-hydroxylation sites is 1. The smallest absolute Gasteiger partial charge is 0.201 e. The predicted molar refractivity (Wildman–Crippen MR) is 83.3 cm³/mol. The molecule has 0 amide bonds. The van der Waals surface area contributed by atoms with E-state index in [1.54, 1.807) is 11.3 Å². The monoisotopic (exact) mass is 287 g/mol. The van der Waals surface area contributed by atoms with Gasteiger partial charge >= 0.3 is 0 Å². The molecule has 0 aliphatic rings. The molecule has 3 rings (SSSR count). The van der Waals surface area contributed by atoms with Crippen LogP contribution in [0.1, 0.15) is 11.8 Å². The molecular formula is C15H17N3OS. The highest BCUT2D eigenvalue weighted by atomic mass is 32.1. The molecule has 3 aromatic rings. The summed E-state index contributed by atoms with van der Waals surface area (Å²) in [7, 11) is 0. The first-order valence-corrected chi connectivity index (χ1v) is 7.57. The van der Waals surface area contributed by atoms with Crippen molar-refractivity contribution in [1.29, 1.82) is 0 Å². The first kappa shape index (κ1) is 13.0. The standard InChI is InChI=1S/C15H17N3OS/c1-2-19-13-7-3-6-12-14(13)17-15(16)18(12)9-8-11-5-4-10-20-11/h3-7,10H,2,8-9H2,1H3,(H2,16,17). The summed E-state index contributed by atoms with van der Waals surface area (Å²) < 4.78 is 7.66. The largest absolute Gasteiger partial charge is 0.492 e. The molecule has 2 heterocycles. The second-order valence-electron chi connectivity index (χ2n) is 4.51. The molecule has 0 aliphatic carbocycles. The van der Waals surface area contributed by atoms with E-state index in [9.17, 15) is 0 Å². The number of nitrogens with zero attached hydrogens (tertiary/aromatic N) is 2. The maximum atomic E-state index is 6.06. The Balaban J connectivity index is 1.94. The van der Waals surface area contributed by atoms with E-state index >= 15 is 0 Å².